The van der Waals surface area contributed by atoms with Gasteiger partial charge in [0.1, 0.15) is 0 Å². The fraction of sp³-hybridized carbons (Fsp3) is 0.300. The van der Waals surface area contributed by atoms with Gasteiger partial charge >= 0.3 is 12.1 Å². The minimum atomic E-state index is -1.21. The number of aromatic carboxylic acids is 1. The van der Waals surface area contributed by atoms with Crippen molar-refractivity contribution in [2.24, 2.45) is 0 Å². The number of carboxylic acid groups (broad SMARTS) is 1. The number of hydrogen-bond donors (Lipinski definition) is 2. The van der Waals surface area contributed by atoms with Crippen molar-refractivity contribution >= 4 is 17.7 Å². The van der Waals surface area contributed by atoms with Gasteiger partial charge in [-0.1, -0.05) is 0 Å². The summed E-state index contributed by atoms with van der Waals surface area (Å²) in [5.74, 6) is -1.21. The van der Waals surface area contributed by atoms with Crippen LogP contribution in [0, 0.1) is 0 Å². The van der Waals surface area contributed by atoms with Crippen LogP contribution in [-0.4, -0.2) is 28.3 Å². The van der Waals surface area contributed by atoms with Crippen LogP contribution in [0.5, 0.6) is 0 Å². The first-order valence-corrected chi connectivity index (χ1v) is 4.66. The summed E-state index contributed by atoms with van der Waals surface area (Å²) in [6, 6.07) is 2.97. The Balaban J connectivity index is 2.81. The lowest BCUT2D eigenvalue weighted by Crippen LogP contribution is -2.20. The molecule has 0 saturated heterocycles. The van der Waals surface area contributed by atoms with E-state index in [2.05, 4.69) is 10.3 Å². The molecule has 0 bridgehead atoms. The van der Waals surface area contributed by atoms with E-state index in [4.69, 9.17) is 9.84 Å². The number of carbonyl (C=O) groups excluding carboxylic acids is 1. The van der Waals surface area contributed by atoms with Gasteiger partial charge in [0.05, 0.1) is 11.8 Å². The minimum Gasteiger partial charge on any atom is -0.476 e. The molecule has 86 valence electrons. The van der Waals surface area contributed by atoms with Gasteiger partial charge in [-0.25, -0.2) is 14.6 Å². The van der Waals surface area contributed by atoms with Gasteiger partial charge in [-0.2, -0.15) is 0 Å². The first-order chi connectivity index (χ1) is 7.50. The lowest BCUT2D eigenvalue weighted by molar-refractivity contribution is 0.0692. The maximum absolute atomic E-state index is 11.2. The number of aromatic nitrogens is 1. The topological polar surface area (TPSA) is 88.5 Å². The number of nitrogens with zero attached hydrogens (tertiary/aromatic N) is 1. The third-order valence-corrected chi connectivity index (χ3v) is 1.59. The molecule has 0 aliphatic rings. The average molecular weight is 224 g/mol. The third-order valence-electron chi connectivity index (χ3n) is 1.59. The van der Waals surface area contributed by atoms with Crippen molar-refractivity contribution in [1.82, 2.24) is 4.98 Å². The number of rotatable bonds is 3. The highest BCUT2D eigenvalue weighted by atomic mass is 16.6. The molecule has 1 aromatic heterocycles. The number of ether oxygens (including phenoxy) is 1. The number of carbonyl (C=O) groups is 2. The Bertz CT molecular complexity index is 404. The standard InChI is InChI=1S/C10H12N2O4/c1-6(2)16-10(15)12-7-4-3-5-11-8(7)9(13)14/h3-6H,1-2H3,(H,12,15)(H,13,14). The number of hydrogen-bond acceptors (Lipinski definition) is 4. The van der Waals surface area contributed by atoms with Crippen molar-refractivity contribution in [3.63, 3.8) is 0 Å². The molecule has 0 aromatic carbocycles. The van der Waals surface area contributed by atoms with E-state index in [0.717, 1.165) is 0 Å². The average Bonchev–Trinajstić information content (AvgIpc) is 2.16. The van der Waals surface area contributed by atoms with E-state index in [9.17, 15) is 9.59 Å². The molecule has 0 spiro atoms. The van der Waals surface area contributed by atoms with Crippen LogP contribution in [-0.2, 0) is 4.74 Å². The van der Waals surface area contributed by atoms with Crippen LogP contribution in [0.25, 0.3) is 0 Å². The maximum atomic E-state index is 11.2. The van der Waals surface area contributed by atoms with E-state index in [1.165, 1.54) is 18.3 Å². The molecule has 1 amide bonds. The summed E-state index contributed by atoms with van der Waals surface area (Å²) < 4.78 is 4.82. The Morgan fingerprint density at radius 1 is 1.50 bits per heavy atom. The summed E-state index contributed by atoms with van der Waals surface area (Å²) in [6.45, 7) is 3.39. The summed E-state index contributed by atoms with van der Waals surface area (Å²) in [7, 11) is 0. The number of nitrogens with one attached hydrogen (secondary N) is 1. The van der Waals surface area contributed by atoms with Crippen LogP contribution < -0.4 is 5.32 Å². The molecule has 2 N–H and O–H groups in total. The molecule has 0 aliphatic carbocycles. The summed E-state index contributed by atoms with van der Waals surface area (Å²) in [5, 5.41) is 11.1. The van der Waals surface area contributed by atoms with Crippen molar-refractivity contribution < 1.29 is 19.4 Å². The van der Waals surface area contributed by atoms with Crippen LogP contribution >= 0.6 is 0 Å². The molecule has 0 fully saturated rings. The summed E-state index contributed by atoms with van der Waals surface area (Å²) in [5.41, 5.74) is -0.108. The van der Waals surface area contributed by atoms with Crippen LogP contribution in [0.3, 0.4) is 0 Å². The van der Waals surface area contributed by atoms with Gasteiger partial charge in [-0.3, -0.25) is 5.32 Å². The predicted molar refractivity (Wildman–Crippen MR) is 56.4 cm³/mol. The summed E-state index contributed by atoms with van der Waals surface area (Å²) in [6.07, 6.45) is 0.359. The van der Waals surface area contributed by atoms with Crippen molar-refractivity contribution in [2.75, 3.05) is 5.32 Å². The van der Waals surface area contributed by atoms with Crippen molar-refractivity contribution in [3.8, 4) is 0 Å². The zero-order valence-corrected chi connectivity index (χ0v) is 8.93. The van der Waals surface area contributed by atoms with E-state index < -0.39 is 12.1 Å². The molecule has 6 nitrogen and oxygen atoms in total. The highest BCUT2D eigenvalue weighted by Gasteiger charge is 2.14. The van der Waals surface area contributed by atoms with Gasteiger partial charge < -0.3 is 9.84 Å². The Kier molecular flexibility index (Phi) is 3.82. The second-order valence-electron chi connectivity index (χ2n) is 3.28. The largest absolute Gasteiger partial charge is 0.476 e. The molecular formula is C10H12N2O4. The Morgan fingerprint density at radius 2 is 2.19 bits per heavy atom. The van der Waals surface area contributed by atoms with E-state index >= 15 is 0 Å². The minimum absolute atomic E-state index is 0.112. The summed E-state index contributed by atoms with van der Waals surface area (Å²) >= 11 is 0. The van der Waals surface area contributed by atoms with Gasteiger partial charge in [0, 0.05) is 6.20 Å². The number of carboxylic acids is 1. The lowest BCUT2D eigenvalue weighted by atomic mass is 10.3. The van der Waals surface area contributed by atoms with Gasteiger partial charge in [0.15, 0.2) is 5.69 Å². The molecule has 1 heterocycles. The second kappa shape index (κ2) is 5.11. The molecule has 0 radical (unpaired) electrons. The fourth-order valence-electron chi connectivity index (χ4n) is 1.03. The number of amides is 1. The second-order valence-corrected chi connectivity index (χ2v) is 3.28. The molecule has 16 heavy (non-hydrogen) atoms. The van der Waals surface area contributed by atoms with Gasteiger partial charge in [0.25, 0.3) is 0 Å². The number of pyridine rings is 1. The SMILES string of the molecule is CC(C)OC(=O)Nc1cccnc1C(=O)O. The molecule has 0 atom stereocenters. The predicted octanol–water partition coefficient (Wildman–Crippen LogP) is 1.74. The molecule has 0 aliphatic heterocycles. The Morgan fingerprint density at radius 3 is 2.75 bits per heavy atom. The van der Waals surface area contributed by atoms with Crippen LogP contribution in [0.4, 0.5) is 10.5 Å². The normalized spacial score (nSPS) is 9.94. The first-order valence-electron chi connectivity index (χ1n) is 4.66. The highest BCUT2D eigenvalue weighted by Crippen LogP contribution is 2.12. The smallest absolute Gasteiger partial charge is 0.411 e. The third kappa shape index (κ3) is 3.23. The molecule has 0 unspecified atom stereocenters. The van der Waals surface area contributed by atoms with E-state index in [0.29, 0.717) is 0 Å². The molecule has 0 saturated carbocycles. The monoisotopic (exact) mass is 224 g/mol. The van der Waals surface area contributed by atoms with E-state index in [1.54, 1.807) is 13.8 Å². The van der Waals surface area contributed by atoms with Gasteiger partial charge in [-0.15, -0.1) is 0 Å². The number of anilines is 1. The summed E-state index contributed by atoms with van der Waals surface area (Å²) in [4.78, 5) is 25.7. The zero-order valence-electron chi connectivity index (χ0n) is 8.93. The molecule has 1 rings (SSSR count). The van der Waals surface area contributed by atoms with Crippen LogP contribution in [0.1, 0.15) is 24.3 Å². The lowest BCUT2D eigenvalue weighted by Gasteiger charge is -2.10. The Labute approximate surface area is 92.3 Å². The van der Waals surface area contributed by atoms with E-state index in [1.807, 2.05) is 0 Å². The highest BCUT2D eigenvalue weighted by molar-refractivity contribution is 5.96. The quantitative estimate of drug-likeness (QED) is 0.816. The molecule has 6 heteroatoms. The van der Waals surface area contributed by atoms with Crippen LogP contribution in [0.15, 0.2) is 18.3 Å². The zero-order chi connectivity index (χ0) is 12.1. The van der Waals surface area contributed by atoms with Gasteiger partial charge in [-0.05, 0) is 26.0 Å². The van der Waals surface area contributed by atoms with Crippen molar-refractivity contribution in [2.45, 2.75) is 20.0 Å². The first kappa shape index (κ1) is 12.0. The van der Waals surface area contributed by atoms with Gasteiger partial charge in [0.2, 0.25) is 0 Å². The van der Waals surface area contributed by atoms with E-state index in [-0.39, 0.29) is 17.5 Å². The Hall–Kier alpha value is -2.11. The molecular weight excluding hydrogens is 212 g/mol. The molecule has 1 aromatic rings. The van der Waals surface area contributed by atoms with Crippen molar-refractivity contribution in [1.29, 1.82) is 0 Å². The maximum Gasteiger partial charge on any atom is 0.411 e. The van der Waals surface area contributed by atoms with Crippen molar-refractivity contribution in [3.05, 3.63) is 24.0 Å². The van der Waals surface area contributed by atoms with Crippen LogP contribution in [0.2, 0.25) is 0 Å². The fourth-order valence-corrected chi connectivity index (χ4v) is 1.03.